The van der Waals surface area contributed by atoms with Gasteiger partial charge in [0, 0.05) is 16.2 Å². The molecule has 0 fully saturated rings. The minimum absolute atomic E-state index is 0.0941. The summed E-state index contributed by atoms with van der Waals surface area (Å²) in [5.74, 6) is 0.824. The predicted octanol–water partition coefficient (Wildman–Crippen LogP) is 5.83. The van der Waals surface area contributed by atoms with Crippen LogP contribution in [0.2, 0.25) is 0 Å². The lowest BCUT2D eigenvalue weighted by Crippen LogP contribution is -2.47. The first-order valence-electron chi connectivity index (χ1n) is 12.2. The Bertz CT molecular complexity index is 1820. The van der Waals surface area contributed by atoms with Crippen LogP contribution in [0.3, 0.4) is 0 Å². The summed E-state index contributed by atoms with van der Waals surface area (Å²) in [6.45, 7) is 0. The SMILES string of the molecule is c1ccc(C2N=C(n3c4cccc5c4c4c3cccc4n3nccc53)NC(c3ccccc3)N2)cc1. The van der Waals surface area contributed by atoms with Gasteiger partial charge in [0.1, 0.15) is 12.3 Å². The highest BCUT2D eigenvalue weighted by Crippen LogP contribution is 2.39. The van der Waals surface area contributed by atoms with E-state index >= 15 is 0 Å². The fourth-order valence-electron chi connectivity index (χ4n) is 5.69. The highest BCUT2D eigenvalue weighted by atomic mass is 15.4. The number of rotatable bonds is 2. The van der Waals surface area contributed by atoms with E-state index in [1.54, 1.807) is 0 Å². The molecule has 0 amide bonds. The van der Waals surface area contributed by atoms with Crippen LogP contribution in [-0.2, 0) is 0 Å². The molecular formula is C30H22N6. The zero-order valence-corrected chi connectivity index (χ0v) is 19.3. The molecule has 2 N–H and O–H groups in total. The number of hydrogen-bond donors (Lipinski definition) is 2. The van der Waals surface area contributed by atoms with Gasteiger partial charge in [-0.1, -0.05) is 78.9 Å². The largest absolute Gasteiger partial charge is 0.336 e. The molecule has 0 spiro atoms. The average molecular weight is 467 g/mol. The zero-order chi connectivity index (χ0) is 23.6. The molecule has 0 bridgehead atoms. The Morgan fingerprint density at radius 2 is 1.31 bits per heavy atom. The van der Waals surface area contributed by atoms with Crippen molar-refractivity contribution in [3.05, 3.63) is 120 Å². The molecule has 2 atom stereocenters. The summed E-state index contributed by atoms with van der Waals surface area (Å²) in [5.41, 5.74) is 6.75. The lowest BCUT2D eigenvalue weighted by atomic mass is 10.1. The topological polar surface area (TPSA) is 58.7 Å². The Hall–Kier alpha value is -4.68. The van der Waals surface area contributed by atoms with Crippen LogP contribution in [-0.4, -0.2) is 20.1 Å². The van der Waals surface area contributed by atoms with E-state index in [1.807, 2.05) is 22.8 Å². The van der Waals surface area contributed by atoms with Crippen LogP contribution >= 0.6 is 0 Å². The average Bonchev–Trinajstić information content (AvgIpc) is 3.58. The van der Waals surface area contributed by atoms with Gasteiger partial charge in [-0.25, -0.2) is 9.51 Å². The number of nitrogens with one attached hydrogen (secondary N) is 2. The minimum atomic E-state index is -0.188. The zero-order valence-electron chi connectivity index (χ0n) is 19.3. The highest BCUT2D eigenvalue weighted by Gasteiger charge is 2.28. The molecule has 0 saturated heterocycles. The highest BCUT2D eigenvalue weighted by molar-refractivity contribution is 6.28. The van der Waals surface area contributed by atoms with Gasteiger partial charge >= 0.3 is 0 Å². The Labute approximate surface area is 206 Å². The second-order valence-corrected chi connectivity index (χ2v) is 9.26. The summed E-state index contributed by atoms with van der Waals surface area (Å²) in [7, 11) is 0. The molecule has 1 aliphatic heterocycles. The first-order valence-corrected chi connectivity index (χ1v) is 12.2. The van der Waals surface area contributed by atoms with Crippen LogP contribution in [0.4, 0.5) is 0 Å². The molecule has 0 aliphatic carbocycles. The van der Waals surface area contributed by atoms with Crippen molar-refractivity contribution in [3.8, 4) is 0 Å². The summed E-state index contributed by atoms with van der Waals surface area (Å²) in [6, 6.07) is 35.9. The number of aliphatic imine (C=N–C) groups is 1. The van der Waals surface area contributed by atoms with Crippen molar-refractivity contribution < 1.29 is 0 Å². The molecule has 1 aliphatic rings. The summed E-state index contributed by atoms with van der Waals surface area (Å²) >= 11 is 0. The number of benzene rings is 4. The van der Waals surface area contributed by atoms with Crippen LogP contribution in [0.15, 0.2) is 114 Å². The van der Waals surface area contributed by atoms with Gasteiger partial charge in [-0.05, 0) is 35.4 Å². The molecule has 172 valence electrons. The Morgan fingerprint density at radius 3 is 2.11 bits per heavy atom. The Morgan fingerprint density at radius 1 is 0.611 bits per heavy atom. The number of pyridine rings is 1. The van der Waals surface area contributed by atoms with Gasteiger partial charge in [-0.3, -0.25) is 9.88 Å². The predicted molar refractivity (Wildman–Crippen MR) is 144 cm³/mol. The second-order valence-electron chi connectivity index (χ2n) is 9.26. The van der Waals surface area contributed by atoms with Crippen LogP contribution in [0.5, 0.6) is 0 Å². The van der Waals surface area contributed by atoms with Crippen LogP contribution < -0.4 is 10.6 Å². The van der Waals surface area contributed by atoms with Crippen molar-refractivity contribution in [2.75, 3.05) is 0 Å². The van der Waals surface area contributed by atoms with E-state index in [-0.39, 0.29) is 12.3 Å². The van der Waals surface area contributed by atoms with Gasteiger partial charge in [0.15, 0.2) is 0 Å². The molecule has 4 heterocycles. The van der Waals surface area contributed by atoms with Gasteiger partial charge in [0.25, 0.3) is 0 Å². The maximum atomic E-state index is 5.22. The van der Waals surface area contributed by atoms with Crippen molar-refractivity contribution in [2.24, 2.45) is 4.99 Å². The van der Waals surface area contributed by atoms with Gasteiger partial charge in [0.05, 0.1) is 28.3 Å². The lowest BCUT2D eigenvalue weighted by molar-refractivity contribution is 0.403. The lowest BCUT2D eigenvalue weighted by Gasteiger charge is -2.32. The molecule has 6 nitrogen and oxygen atoms in total. The molecule has 2 unspecified atom stereocenters. The maximum absolute atomic E-state index is 5.22. The monoisotopic (exact) mass is 466 g/mol. The molecule has 8 rings (SSSR count). The fourth-order valence-corrected chi connectivity index (χ4v) is 5.69. The van der Waals surface area contributed by atoms with E-state index in [2.05, 4.69) is 111 Å². The molecule has 36 heavy (non-hydrogen) atoms. The van der Waals surface area contributed by atoms with Crippen molar-refractivity contribution in [2.45, 2.75) is 12.3 Å². The summed E-state index contributed by atoms with van der Waals surface area (Å²) in [4.78, 5) is 5.22. The van der Waals surface area contributed by atoms with E-state index in [1.165, 1.54) is 16.2 Å². The number of nitrogens with zero attached hydrogens (tertiary/aromatic N) is 4. The second kappa shape index (κ2) is 7.41. The van der Waals surface area contributed by atoms with Gasteiger partial charge in [-0.15, -0.1) is 0 Å². The first kappa shape index (κ1) is 19.6. The summed E-state index contributed by atoms with van der Waals surface area (Å²) in [5, 5.41) is 15.7. The smallest absolute Gasteiger partial charge is 0.206 e. The first-order chi connectivity index (χ1) is 17.9. The van der Waals surface area contributed by atoms with Gasteiger partial charge in [-0.2, -0.15) is 5.10 Å². The maximum Gasteiger partial charge on any atom is 0.206 e. The van der Waals surface area contributed by atoms with E-state index in [0.717, 1.165) is 39.2 Å². The van der Waals surface area contributed by atoms with Crippen molar-refractivity contribution >= 4 is 44.2 Å². The number of fused-ring (bicyclic) bond motifs is 3. The van der Waals surface area contributed by atoms with E-state index in [4.69, 9.17) is 4.99 Å². The molecule has 3 aromatic heterocycles. The Kier molecular flexibility index (Phi) is 4.03. The molecular weight excluding hydrogens is 444 g/mol. The van der Waals surface area contributed by atoms with Crippen molar-refractivity contribution in [1.82, 2.24) is 24.8 Å². The van der Waals surface area contributed by atoms with Gasteiger partial charge < -0.3 is 5.32 Å². The third-order valence-corrected chi connectivity index (χ3v) is 7.25. The summed E-state index contributed by atoms with van der Waals surface area (Å²) < 4.78 is 4.32. The fraction of sp³-hybridized carbons (Fsp3) is 0.0667. The third-order valence-electron chi connectivity index (χ3n) is 7.25. The van der Waals surface area contributed by atoms with E-state index < -0.39 is 0 Å². The van der Waals surface area contributed by atoms with Crippen LogP contribution in [0.1, 0.15) is 23.5 Å². The molecule has 7 aromatic rings. The molecule has 0 saturated carbocycles. The Balaban J connectivity index is 1.42. The van der Waals surface area contributed by atoms with E-state index in [9.17, 15) is 0 Å². The molecule has 6 heteroatoms. The quantitative estimate of drug-likeness (QED) is 0.315. The van der Waals surface area contributed by atoms with Gasteiger partial charge in [0.2, 0.25) is 5.96 Å². The normalized spacial score (nSPS) is 18.3. The van der Waals surface area contributed by atoms with Crippen molar-refractivity contribution in [3.63, 3.8) is 0 Å². The van der Waals surface area contributed by atoms with Crippen LogP contribution in [0.25, 0.3) is 38.2 Å². The van der Waals surface area contributed by atoms with E-state index in [0.29, 0.717) is 0 Å². The molecule has 0 radical (unpaired) electrons. The third kappa shape index (κ3) is 2.70. The minimum Gasteiger partial charge on any atom is -0.336 e. The van der Waals surface area contributed by atoms with Crippen LogP contribution in [0, 0.1) is 0 Å². The van der Waals surface area contributed by atoms with Crippen molar-refractivity contribution in [1.29, 1.82) is 0 Å². The number of aromatic nitrogens is 3. The summed E-state index contributed by atoms with van der Waals surface area (Å²) in [6.07, 6.45) is 1.59. The number of hydrogen-bond acceptors (Lipinski definition) is 4. The standard InChI is InChI=1S/C30H22N6/c1-3-9-19(10-4-1)28-32-29(20-11-5-2-6-12-20)34-30(33-28)35-23-14-7-13-21-22-17-18-31-36(22)25-16-8-15-24(35)27(25)26(21)23/h1-18,28-29,32H,(H,33,34). The molecule has 4 aromatic carbocycles.